The molecule has 8 heteroatoms. The summed E-state index contributed by atoms with van der Waals surface area (Å²) in [5.41, 5.74) is 3.59. The van der Waals surface area contributed by atoms with E-state index in [9.17, 15) is 13.2 Å². The Labute approximate surface area is 185 Å². The molecule has 1 aromatic carbocycles. The highest BCUT2D eigenvalue weighted by Crippen LogP contribution is 2.35. The SMILES string of the molecule is CC1=C(c2ccc(C)c(C)c2)S(=O)(=O)N=C1N1CCC(NC(=O)NC2CCCC2)CC1. The van der Waals surface area contributed by atoms with Gasteiger partial charge in [-0.1, -0.05) is 31.0 Å². The number of nitrogens with one attached hydrogen (secondary N) is 2. The quantitative estimate of drug-likeness (QED) is 0.747. The fraction of sp³-hybridized carbons (Fsp3) is 0.565. The Morgan fingerprint density at radius 2 is 1.58 bits per heavy atom. The van der Waals surface area contributed by atoms with E-state index in [0.29, 0.717) is 41.0 Å². The zero-order valence-corrected chi connectivity index (χ0v) is 19.4. The van der Waals surface area contributed by atoms with Crippen LogP contribution in [0.3, 0.4) is 0 Å². The molecule has 2 heterocycles. The van der Waals surface area contributed by atoms with Crippen LogP contribution in [0.15, 0.2) is 28.2 Å². The van der Waals surface area contributed by atoms with Crippen molar-refractivity contribution in [3.8, 4) is 0 Å². The van der Waals surface area contributed by atoms with Gasteiger partial charge in [-0.25, -0.2) is 4.79 Å². The maximum absolute atomic E-state index is 12.9. The topological polar surface area (TPSA) is 90.9 Å². The summed E-state index contributed by atoms with van der Waals surface area (Å²) < 4.78 is 29.8. The minimum absolute atomic E-state index is 0.0840. The molecule has 0 spiro atoms. The number of aryl methyl sites for hydroxylation is 2. The minimum atomic E-state index is -3.72. The van der Waals surface area contributed by atoms with Gasteiger partial charge in [0.1, 0.15) is 10.7 Å². The molecule has 2 fully saturated rings. The van der Waals surface area contributed by atoms with Crippen molar-refractivity contribution >= 4 is 26.8 Å². The van der Waals surface area contributed by atoms with Gasteiger partial charge in [-0.2, -0.15) is 8.42 Å². The number of likely N-dealkylation sites (tertiary alicyclic amines) is 1. The van der Waals surface area contributed by atoms with Gasteiger partial charge in [-0.05, 0) is 63.1 Å². The van der Waals surface area contributed by atoms with Crippen LogP contribution in [0.1, 0.15) is 62.1 Å². The molecule has 0 radical (unpaired) electrons. The monoisotopic (exact) mass is 444 g/mol. The van der Waals surface area contributed by atoms with Gasteiger partial charge in [0.2, 0.25) is 0 Å². The van der Waals surface area contributed by atoms with Crippen LogP contribution in [0.4, 0.5) is 4.79 Å². The average Bonchev–Trinajstić information content (AvgIpc) is 3.30. The molecule has 1 aromatic rings. The van der Waals surface area contributed by atoms with Gasteiger partial charge in [0, 0.05) is 30.7 Å². The maximum Gasteiger partial charge on any atom is 0.315 e. The third-order valence-corrected chi connectivity index (χ3v) is 8.20. The lowest BCUT2D eigenvalue weighted by molar-refractivity contribution is 0.223. The van der Waals surface area contributed by atoms with Crippen molar-refractivity contribution in [1.29, 1.82) is 0 Å². The van der Waals surface area contributed by atoms with Crippen molar-refractivity contribution in [2.75, 3.05) is 13.1 Å². The van der Waals surface area contributed by atoms with Crippen molar-refractivity contribution in [2.24, 2.45) is 4.40 Å². The van der Waals surface area contributed by atoms with Crippen molar-refractivity contribution in [2.45, 2.75) is 71.4 Å². The first kappa shape index (κ1) is 21.9. The van der Waals surface area contributed by atoms with Crippen LogP contribution < -0.4 is 10.6 Å². The van der Waals surface area contributed by atoms with Gasteiger partial charge >= 0.3 is 6.03 Å². The number of benzene rings is 1. The van der Waals surface area contributed by atoms with Crippen molar-refractivity contribution in [1.82, 2.24) is 15.5 Å². The molecule has 2 N–H and O–H groups in total. The molecule has 0 atom stereocenters. The molecule has 4 rings (SSSR count). The number of hydrogen-bond donors (Lipinski definition) is 2. The molecule has 2 aliphatic heterocycles. The Morgan fingerprint density at radius 1 is 0.968 bits per heavy atom. The normalized spacial score (nSPS) is 22.0. The summed E-state index contributed by atoms with van der Waals surface area (Å²) in [6, 6.07) is 6.04. The average molecular weight is 445 g/mol. The highest BCUT2D eigenvalue weighted by molar-refractivity contribution is 8.00. The second kappa shape index (κ2) is 8.65. The molecule has 168 valence electrons. The van der Waals surface area contributed by atoms with Crippen LogP contribution in [-0.2, 0) is 10.0 Å². The summed E-state index contributed by atoms with van der Waals surface area (Å²) in [5, 5.41) is 6.15. The zero-order chi connectivity index (χ0) is 22.2. The Kier molecular flexibility index (Phi) is 6.10. The van der Waals surface area contributed by atoms with Gasteiger partial charge in [0.15, 0.2) is 0 Å². The molecule has 0 aromatic heterocycles. The third-order valence-electron chi connectivity index (χ3n) is 6.73. The van der Waals surface area contributed by atoms with Crippen LogP contribution in [0, 0.1) is 13.8 Å². The lowest BCUT2D eigenvalue weighted by Crippen LogP contribution is -2.50. The number of carbonyl (C=O) groups excluding carboxylic acids is 1. The summed E-state index contributed by atoms with van der Waals surface area (Å²) in [5.74, 6) is 0.544. The zero-order valence-electron chi connectivity index (χ0n) is 18.6. The van der Waals surface area contributed by atoms with E-state index in [2.05, 4.69) is 15.0 Å². The Hall–Kier alpha value is -2.35. The highest BCUT2D eigenvalue weighted by Gasteiger charge is 2.35. The van der Waals surface area contributed by atoms with Crippen LogP contribution in [-0.4, -0.2) is 50.4 Å². The summed E-state index contributed by atoms with van der Waals surface area (Å²) in [4.78, 5) is 14.6. The van der Waals surface area contributed by atoms with E-state index in [1.54, 1.807) is 0 Å². The predicted molar refractivity (Wildman–Crippen MR) is 123 cm³/mol. The molecule has 1 aliphatic carbocycles. The second-order valence-electron chi connectivity index (χ2n) is 9.00. The van der Waals surface area contributed by atoms with E-state index in [1.165, 1.54) is 12.8 Å². The Balaban J connectivity index is 1.41. The van der Waals surface area contributed by atoms with Crippen molar-refractivity contribution < 1.29 is 13.2 Å². The van der Waals surface area contributed by atoms with E-state index >= 15 is 0 Å². The Morgan fingerprint density at radius 3 is 2.19 bits per heavy atom. The molecular formula is C23H32N4O3S. The standard InChI is InChI=1S/C23H32N4O3S/c1-15-8-9-18(14-16(15)2)21-17(3)22(26-31(21,29)30)27-12-10-20(11-13-27)25-23(28)24-19-6-4-5-7-19/h8-9,14,19-20H,4-7,10-13H2,1-3H3,(H2,24,25,28). The number of amides is 2. The fourth-order valence-corrected chi connectivity index (χ4v) is 6.26. The van der Waals surface area contributed by atoms with Crippen molar-refractivity contribution in [3.05, 3.63) is 40.5 Å². The van der Waals surface area contributed by atoms with Gasteiger partial charge < -0.3 is 15.5 Å². The minimum Gasteiger partial charge on any atom is -0.356 e. The number of carbonyl (C=O) groups is 1. The van der Waals surface area contributed by atoms with E-state index in [4.69, 9.17) is 0 Å². The number of hydrogen-bond acceptors (Lipinski definition) is 4. The van der Waals surface area contributed by atoms with Crippen LogP contribution in [0.25, 0.3) is 4.91 Å². The molecule has 3 aliphatic rings. The summed E-state index contributed by atoms with van der Waals surface area (Å²) in [6.07, 6.45) is 6.03. The van der Waals surface area contributed by atoms with Gasteiger partial charge in [-0.3, -0.25) is 0 Å². The molecular weight excluding hydrogens is 412 g/mol. The summed E-state index contributed by atoms with van der Waals surface area (Å²) in [7, 11) is -3.72. The molecule has 0 unspecified atom stereocenters. The van der Waals surface area contributed by atoms with E-state index in [1.807, 2.05) is 43.9 Å². The maximum atomic E-state index is 12.9. The molecule has 0 bridgehead atoms. The molecule has 1 saturated heterocycles. The summed E-state index contributed by atoms with van der Waals surface area (Å²) >= 11 is 0. The predicted octanol–water partition coefficient (Wildman–Crippen LogP) is 3.48. The Bertz CT molecular complexity index is 1030. The first-order valence-electron chi connectivity index (χ1n) is 11.2. The van der Waals surface area contributed by atoms with Crippen molar-refractivity contribution in [3.63, 3.8) is 0 Å². The molecule has 31 heavy (non-hydrogen) atoms. The molecule has 1 saturated carbocycles. The van der Waals surface area contributed by atoms with E-state index in [-0.39, 0.29) is 12.1 Å². The number of sulfonamides is 1. The molecule has 7 nitrogen and oxygen atoms in total. The largest absolute Gasteiger partial charge is 0.356 e. The first-order chi connectivity index (χ1) is 14.7. The molecule has 2 amide bonds. The van der Waals surface area contributed by atoms with E-state index in [0.717, 1.165) is 36.8 Å². The third kappa shape index (κ3) is 4.63. The van der Waals surface area contributed by atoms with Gasteiger partial charge in [0.25, 0.3) is 10.0 Å². The number of piperidine rings is 1. The number of nitrogens with zero attached hydrogens (tertiary/aromatic N) is 2. The van der Waals surface area contributed by atoms with Crippen LogP contribution >= 0.6 is 0 Å². The van der Waals surface area contributed by atoms with E-state index < -0.39 is 10.0 Å². The smallest absolute Gasteiger partial charge is 0.315 e. The van der Waals surface area contributed by atoms with Crippen LogP contribution in [0.2, 0.25) is 0 Å². The number of rotatable bonds is 3. The summed E-state index contributed by atoms with van der Waals surface area (Å²) in [6.45, 7) is 7.17. The number of urea groups is 1. The number of amidine groups is 1. The van der Waals surface area contributed by atoms with Crippen LogP contribution in [0.5, 0.6) is 0 Å². The van der Waals surface area contributed by atoms with Gasteiger partial charge in [-0.15, -0.1) is 4.40 Å². The lowest BCUT2D eigenvalue weighted by atomic mass is 10.0. The second-order valence-corrected chi connectivity index (χ2v) is 10.5. The lowest BCUT2D eigenvalue weighted by Gasteiger charge is -2.34. The highest BCUT2D eigenvalue weighted by atomic mass is 32.2. The first-order valence-corrected chi connectivity index (χ1v) is 12.6. The fourth-order valence-electron chi connectivity index (χ4n) is 4.78. The van der Waals surface area contributed by atoms with Gasteiger partial charge in [0.05, 0.1) is 0 Å².